The van der Waals surface area contributed by atoms with E-state index in [4.69, 9.17) is 18.0 Å². The molecule has 1 aromatic rings. The first-order valence-corrected chi connectivity index (χ1v) is 6.40. The molecule has 0 fully saturated rings. The van der Waals surface area contributed by atoms with E-state index in [1.165, 1.54) is 4.68 Å². The fourth-order valence-electron chi connectivity index (χ4n) is 1.51. The fourth-order valence-corrected chi connectivity index (χ4v) is 1.71. The highest BCUT2D eigenvalue weighted by atomic mass is 35.5. The van der Waals surface area contributed by atoms with Gasteiger partial charge < -0.3 is 5.32 Å². The quantitative estimate of drug-likeness (QED) is 0.637. The van der Waals surface area contributed by atoms with Gasteiger partial charge in [0.25, 0.3) is 5.56 Å². The van der Waals surface area contributed by atoms with E-state index < -0.39 is 0 Å². The summed E-state index contributed by atoms with van der Waals surface area (Å²) in [6, 6.07) is -0.000298. The number of terminal acetylenes is 1. The van der Waals surface area contributed by atoms with Crippen LogP contribution in [0.4, 0.5) is 5.69 Å². The number of halogens is 1. The van der Waals surface area contributed by atoms with Gasteiger partial charge in [0.2, 0.25) is 0 Å². The van der Waals surface area contributed by atoms with Crippen molar-refractivity contribution in [3.63, 3.8) is 0 Å². The van der Waals surface area contributed by atoms with E-state index in [1.54, 1.807) is 6.20 Å². The molecule has 0 atom stereocenters. The normalized spacial score (nSPS) is 10.4. The largest absolute Gasteiger partial charge is 0.382 e. The van der Waals surface area contributed by atoms with Crippen LogP contribution in [-0.4, -0.2) is 16.3 Å². The second kappa shape index (κ2) is 7.07. The molecular weight excluding hydrogens is 250 g/mol. The number of rotatable bonds is 6. The van der Waals surface area contributed by atoms with Gasteiger partial charge in [-0.2, -0.15) is 5.10 Å². The number of hydrogen-bond donors (Lipinski definition) is 1. The van der Waals surface area contributed by atoms with Gasteiger partial charge in [-0.25, -0.2) is 4.68 Å². The van der Waals surface area contributed by atoms with Crippen LogP contribution in [0.15, 0.2) is 11.0 Å². The predicted octanol–water partition coefficient (Wildman–Crippen LogP) is 2.69. The van der Waals surface area contributed by atoms with E-state index in [0.717, 1.165) is 25.8 Å². The van der Waals surface area contributed by atoms with Gasteiger partial charge in [-0.15, -0.1) is 12.3 Å². The Labute approximate surface area is 112 Å². The first kappa shape index (κ1) is 14.6. The van der Waals surface area contributed by atoms with E-state index >= 15 is 0 Å². The molecule has 4 nitrogen and oxygen atoms in total. The monoisotopic (exact) mass is 267 g/mol. The van der Waals surface area contributed by atoms with E-state index in [9.17, 15) is 4.79 Å². The van der Waals surface area contributed by atoms with Crippen molar-refractivity contribution in [2.75, 3.05) is 11.9 Å². The SMILES string of the molecule is C#CCCCCNc1cnn(C(C)C)c(=O)c1Cl. The molecule has 0 radical (unpaired) electrons. The second-order valence-electron chi connectivity index (χ2n) is 4.30. The molecular formula is C13H18ClN3O. The summed E-state index contributed by atoms with van der Waals surface area (Å²) in [5, 5.41) is 7.37. The van der Waals surface area contributed by atoms with Gasteiger partial charge in [0.15, 0.2) is 0 Å². The maximum Gasteiger partial charge on any atom is 0.287 e. The third kappa shape index (κ3) is 3.78. The molecule has 0 unspecified atom stereocenters. The Bertz CT molecular complexity index is 488. The Morgan fingerprint density at radius 1 is 1.56 bits per heavy atom. The molecule has 0 spiro atoms. The molecule has 18 heavy (non-hydrogen) atoms. The van der Waals surface area contributed by atoms with E-state index in [2.05, 4.69) is 16.3 Å². The van der Waals surface area contributed by atoms with Gasteiger partial charge >= 0.3 is 0 Å². The van der Waals surface area contributed by atoms with Gasteiger partial charge in [-0.3, -0.25) is 4.79 Å². The average Bonchev–Trinajstić information content (AvgIpc) is 2.33. The van der Waals surface area contributed by atoms with Crippen LogP contribution in [0.3, 0.4) is 0 Å². The third-order valence-electron chi connectivity index (χ3n) is 2.50. The molecule has 1 N–H and O–H groups in total. The summed E-state index contributed by atoms with van der Waals surface area (Å²) in [5.74, 6) is 2.59. The van der Waals surface area contributed by atoms with Crippen molar-refractivity contribution in [3.8, 4) is 12.3 Å². The third-order valence-corrected chi connectivity index (χ3v) is 2.86. The van der Waals surface area contributed by atoms with Crippen molar-refractivity contribution in [2.24, 2.45) is 0 Å². The zero-order valence-electron chi connectivity index (χ0n) is 10.7. The molecule has 5 heteroatoms. The van der Waals surface area contributed by atoms with Crippen LogP contribution in [0.25, 0.3) is 0 Å². The number of nitrogens with zero attached hydrogens (tertiary/aromatic N) is 2. The van der Waals surface area contributed by atoms with Crippen molar-refractivity contribution < 1.29 is 0 Å². The second-order valence-corrected chi connectivity index (χ2v) is 4.68. The van der Waals surface area contributed by atoms with Gasteiger partial charge in [0.1, 0.15) is 5.02 Å². The average molecular weight is 268 g/mol. The molecule has 1 aromatic heterocycles. The van der Waals surface area contributed by atoms with Gasteiger partial charge in [0, 0.05) is 13.0 Å². The molecule has 0 saturated heterocycles. The lowest BCUT2D eigenvalue weighted by Gasteiger charge is -2.12. The minimum absolute atomic E-state index is 0.000298. The van der Waals surface area contributed by atoms with E-state index in [-0.39, 0.29) is 16.6 Å². The first-order chi connectivity index (χ1) is 8.57. The number of aromatic nitrogens is 2. The lowest BCUT2D eigenvalue weighted by atomic mass is 10.2. The lowest BCUT2D eigenvalue weighted by molar-refractivity contribution is 0.503. The Morgan fingerprint density at radius 3 is 2.89 bits per heavy atom. The molecule has 0 saturated carbocycles. The summed E-state index contributed by atoms with van der Waals surface area (Å²) < 4.78 is 1.37. The standard InChI is InChI=1S/C13H18ClN3O/c1-4-5-6-7-8-15-11-9-16-17(10(2)3)13(18)12(11)14/h1,9-10,15H,5-8H2,2-3H3. The number of unbranched alkanes of at least 4 members (excludes halogenated alkanes) is 2. The molecule has 0 bridgehead atoms. The van der Waals surface area contributed by atoms with Crippen LogP contribution in [-0.2, 0) is 0 Å². The van der Waals surface area contributed by atoms with E-state index in [0.29, 0.717) is 5.69 Å². The van der Waals surface area contributed by atoms with Crippen molar-refractivity contribution in [1.29, 1.82) is 0 Å². The zero-order chi connectivity index (χ0) is 13.5. The zero-order valence-corrected chi connectivity index (χ0v) is 11.5. The minimum atomic E-state index is -0.264. The van der Waals surface area contributed by atoms with Crippen LogP contribution in [0.5, 0.6) is 0 Å². The lowest BCUT2D eigenvalue weighted by Crippen LogP contribution is -2.25. The molecule has 1 rings (SSSR count). The highest BCUT2D eigenvalue weighted by molar-refractivity contribution is 6.32. The van der Waals surface area contributed by atoms with Crippen LogP contribution >= 0.6 is 11.6 Å². The van der Waals surface area contributed by atoms with Crippen LogP contribution in [0.2, 0.25) is 5.02 Å². The van der Waals surface area contributed by atoms with Crippen molar-refractivity contribution in [3.05, 3.63) is 21.6 Å². The fraction of sp³-hybridized carbons (Fsp3) is 0.538. The summed E-state index contributed by atoms with van der Waals surface area (Å²) in [6.45, 7) is 4.50. The molecule has 0 aliphatic rings. The Morgan fingerprint density at radius 2 is 2.28 bits per heavy atom. The van der Waals surface area contributed by atoms with E-state index in [1.807, 2.05) is 13.8 Å². The van der Waals surface area contributed by atoms with Gasteiger partial charge in [0.05, 0.1) is 17.9 Å². The maximum atomic E-state index is 11.9. The molecule has 98 valence electrons. The topological polar surface area (TPSA) is 46.9 Å². The van der Waals surface area contributed by atoms with Crippen molar-refractivity contribution >= 4 is 17.3 Å². The highest BCUT2D eigenvalue weighted by Gasteiger charge is 2.10. The van der Waals surface area contributed by atoms with Gasteiger partial charge in [-0.1, -0.05) is 11.6 Å². The summed E-state index contributed by atoms with van der Waals surface area (Å²) in [4.78, 5) is 11.9. The summed E-state index contributed by atoms with van der Waals surface area (Å²) >= 11 is 6.01. The van der Waals surface area contributed by atoms with Crippen molar-refractivity contribution in [1.82, 2.24) is 9.78 Å². The van der Waals surface area contributed by atoms with Crippen LogP contribution in [0.1, 0.15) is 39.2 Å². The van der Waals surface area contributed by atoms with Gasteiger partial charge in [-0.05, 0) is 26.7 Å². The van der Waals surface area contributed by atoms with Crippen molar-refractivity contribution in [2.45, 2.75) is 39.2 Å². The first-order valence-electron chi connectivity index (χ1n) is 6.02. The molecule has 1 heterocycles. The molecule has 0 amide bonds. The summed E-state index contributed by atoms with van der Waals surface area (Å²) in [7, 11) is 0. The molecule has 0 aromatic carbocycles. The molecule has 0 aliphatic carbocycles. The number of anilines is 1. The Hall–Kier alpha value is -1.47. The predicted molar refractivity (Wildman–Crippen MR) is 75.1 cm³/mol. The van der Waals surface area contributed by atoms with Crippen LogP contribution < -0.4 is 10.9 Å². The summed E-state index contributed by atoms with van der Waals surface area (Å²) in [5.41, 5.74) is 0.319. The smallest absolute Gasteiger partial charge is 0.287 e. The Kier molecular flexibility index (Phi) is 5.73. The molecule has 0 aliphatic heterocycles. The van der Waals surface area contributed by atoms with Crippen LogP contribution in [0, 0.1) is 12.3 Å². The number of hydrogen-bond acceptors (Lipinski definition) is 3. The number of nitrogens with one attached hydrogen (secondary N) is 1. The minimum Gasteiger partial charge on any atom is -0.382 e. The summed E-state index contributed by atoms with van der Waals surface area (Å²) in [6.07, 6.45) is 9.41. The Balaban J connectivity index is 2.66. The highest BCUT2D eigenvalue weighted by Crippen LogP contribution is 2.16. The maximum absolute atomic E-state index is 11.9.